The number of nitrogens with one attached hydrogen (secondary N) is 2. The van der Waals surface area contributed by atoms with Crippen molar-refractivity contribution in [2.45, 2.75) is 24.1 Å². The predicted octanol–water partition coefficient (Wildman–Crippen LogP) is 0.748. The number of hydrogen-bond acceptors (Lipinski definition) is 4. The fourth-order valence-electron chi connectivity index (χ4n) is 2.59. The molecule has 0 unspecified atom stereocenters. The monoisotopic (exact) mass is 332 g/mol. The van der Waals surface area contributed by atoms with E-state index in [1.165, 1.54) is 6.07 Å². The maximum atomic E-state index is 13.1. The second-order valence-corrected chi connectivity index (χ2v) is 7.77. The molecule has 1 aromatic carbocycles. The lowest BCUT2D eigenvalue weighted by Crippen LogP contribution is -2.57. The number of benzene rings is 1. The molecule has 2 N–H and O–H groups in total. The van der Waals surface area contributed by atoms with Crippen LogP contribution in [0.25, 0.3) is 0 Å². The first-order valence-corrected chi connectivity index (χ1v) is 8.78. The topological polar surface area (TPSA) is 75.3 Å². The Morgan fingerprint density at radius 3 is 2.45 bits per heavy atom. The van der Waals surface area contributed by atoms with E-state index in [9.17, 15) is 22.0 Å². The molecule has 122 valence electrons. The summed E-state index contributed by atoms with van der Waals surface area (Å²) >= 11 is 0. The molecule has 0 aliphatic carbocycles. The van der Waals surface area contributed by atoms with E-state index in [4.69, 9.17) is 0 Å². The Labute approximate surface area is 128 Å². The summed E-state index contributed by atoms with van der Waals surface area (Å²) in [4.78, 5) is 12.4. The molecule has 8 heteroatoms. The lowest BCUT2D eigenvalue weighted by atomic mass is 9.95. The number of carbonyl (C=O) groups excluding carboxylic acids is 1. The van der Waals surface area contributed by atoms with Gasteiger partial charge in [-0.1, -0.05) is 6.07 Å². The van der Waals surface area contributed by atoms with E-state index in [0.717, 1.165) is 18.4 Å². The molecule has 0 saturated carbocycles. The Balaban J connectivity index is 2.13. The number of sulfone groups is 1. The third-order valence-electron chi connectivity index (χ3n) is 3.97. The fraction of sp³-hybridized carbons (Fsp3) is 0.500. The van der Waals surface area contributed by atoms with Crippen LogP contribution in [0, 0.1) is 11.6 Å². The number of rotatable bonds is 4. The second kappa shape index (κ2) is 6.29. The lowest BCUT2D eigenvalue weighted by Gasteiger charge is -2.34. The van der Waals surface area contributed by atoms with E-state index in [0.29, 0.717) is 18.7 Å². The van der Waals surface area contributed by atoms with Gasteiger partial charge in [0.05, 0.1) is 0 Å². The minimum atomic E-state index is -3.59. The first kappa shape index (κ1) is 16.8. The lowest BCUT2D eigenvalue weighted by molar-refractivity contribution is -0.124. The molecule has 0 atom stereocenters. The van der Waals surface area contributed by atoms with E-state index < -0.39 is 32.1 Å². The number of piperidine rings is 1. The highest BCUT2D eigenvalue weighted by Gasteiger charge is 2.48. The standard InChI is InChI=1S/C14H18F2N2O3S/c1-22(20,21)14(4-6-17-7-5-14)13(19)18-9-10-2-3-11(15)12(16)8-10/h2-3,8,17H,4-7,9H2,1H3,(H,18,19). The van der Waals surface area contributed by atoms with Crippen LogP contribution >= 0.6 is 0 Å². The smallest absolute Gasteiger partial charge is 0.241 e. The van der Waals surface area contributed by atoms with Gasteiger partial charge in [-0.2, -0.15) is 0 Å². The summed E-state index contributed by atoms with van der Waals surface area (Å²) < 4.78 is 48.6. The van der Waals surface area contributed by atoms with Gasteiger partial charge < -0.3 is 10.6 Å². The molecule has 0 bridgehead atoms. The average molecular weight is 332 g/mol. The minimum Gasteiger partial charge on any atom is -0.351 e. The maximum Gasteiger partial charge on any atom is 0.241 e. The van der Waals surface area contributed by atoms with E-state index >= 15 is 0 Å². The van der Waals surface area contributed by atoms with Crippen LogP contribution < -0.4 is 10.6 Å². The maximum absolute atomic E-state index is 13.1. The first-order chi connectivity index (χ1) is 10.3. The van der Waals surface area contributed by atoms with Crippen molar-refractivity contribution < 1.29 is 22.0 Å². The van der Waals surface area contributed by atoms with Crippen LogP contribution in [0.3, 0.4) is 0 Å². The number of halogens is 2. The zero-order chi connectivity index (χ0) is 16.4. The van der Waals surface area contributed by atoms with Crippen molar-refractivity contribution >= 4 is 15.7 Å². The summed E-state index contributed by atoms with van der Waals surface area (Å²) in [6, 6.07) is 3.28. The van der Waals surface area contributed by atoms with E-state index in [-0.39, 0.29) is 19.4 Å². The Hall–Kier alpha value is -1.54. The molecule has 1 aliphatic rings. The summed E-state index contributed by atoms with van der Waals surface area (Å²) in [7, 11) is -3.59. The van der Waals surface area contributed by atoms with Gasteiger partial charge in [0, 0.05) is 12.8 Å². The van der Waals surface area contributed by atoms with Gasteiger partial charge in [0.25, 0.3) is 0 Å². The molecule has 1 amide bonds. The fourth-order valence-corrected chi connectivity index (χ4v) is 3.94. The molecule has 0 spiro atoms. The summed E-state index contributed by atoms with van der Waals surface area (Å²) in [5, 5.41) is 5.55. The Kier molecular flexibility index (Phi) is 4.81. The molecule has 22 heavy (non-hydrogen) atoms. The second-order valence-electron chi connectivity index (χ2n) is 5.45. The van der Waals surface area contributed by atoms with Crippen LogP contribution in [-0.2, 0) is 21.2 Å². The summed E-state index contributed by atoms with van der Waals surface area (Å²) in [6.45, 7) is 0.818. The van der Waals surface area contributed by atoms with E-state index in [1.807, 2.05) is 0 Å². The Bertz CT molecular complexity index is 671. The minimum absolute atomic E-state index is 0.0548. The SMILES string of the molecule is CS(=O)(=O)C1(C(=O)NCc2ccc(F)c(F)c2)CCNCC1. The molecule has 1 fully saturated rings. The van der Waals surface area contributed by atoms with Gasteiger partial charge in [-0.15, -0.1) is 0 Å². The van der Waals surface area contributed by atoms with E-state index in [2.05, 4.69) is 10.6 Å². The number of carbonyl (C=O) groups is 1. The third-order valence-corrected chi connectivity index (χ3v) is 5.99. The molecule has 1 heterocycles. The first-order valence-electron chi connectivity index (χ1n) is 6.89. The van der Waals surface area contributed by atoms with Crippen molar-refractivity contribution in [3.8, 4) is 0 Å². The third kappa shape index (κ3) is 3.27. The highest BCUT2D eigenvalue weighted by molar-refractivity contribution is 7.92. The number of hydrogen-bond donors (Lipinski definition) is 2. The summed E-state index contributed by atoms with van der Waals surface area (Å²) in [5.74, 6) is -2.58. The van der Waals surface area contributed by atoms with Gasteiger partial charge in [0.1, 0.15) is 0 Å². The van der Waals surface area contributed by atoms with Crippen molar-refractivity contribution in [1.82, 2.24) is 10.6 Å². The van der Waals surface area contributed by atoms with Gasteiger partial charge in [0.15, 0.2) is 26.2 Å². The van der Waals surface area contributed by atoms with Gasteiger partial charge in [-0.3, -0.25) is 4.79 Å². The van der Waals surface area contributed by atoms with Crippen LogP contribution in [0.15, 0.2) is 18.2 Å². The molecule has 1 saturated heterocycles. The van der Waals surface area contributed by atoms with E-state index in [1.54, 1.807) is 0 Å². The van der Waals surface area contributed by atoms with Crippen LogP contribution in [-0.4, -0.2) is 38.4 Å². The highest BCUT2D eigenvalue weighted by Crippen LogP contribution is 2.28. The van der Waals surface area contributed by atoms with Crippen LogP contribution in [0.2, 0.25) is 0 Å². The molecule has 1 aromatic rings. The normalized spacial score (nSPS) is 18.0. The molecule has 2 rings (SSSR count). The zero-order valence-electron chi connectivity index (χ0n) is 12.2. The largest absolute Gasteiger partial charge is 0.351 e. The van der Waals surface area contributed by atoms with Gasteiger partial charge in [-0.05, 0) is 43.6 Å². The van der Waals surface area contributed by atoms with Crippen molar-refractivity contribution in [2.75, 3.05) is 19.3 Å². The van der Waals surface area contributed by atoms with Crippen LogP contribution in [0.4, 0.5) is 8.78 Å². The molecule has 5 nitrogen and oxygen atoms in total. The van der Waals surface area contributed by atoms with Crippen LogP contribution in [0.5, 0.6) is 0 Å². The highest BCUT2D eigenvalue weighted by atomic mass is 32.2. The summed E-state index contributed by atoms with van der Waals surface area (Å²) in [5.41, 5.74) is 0.366. The summed E-state index contributed by atoms with van der Waals surface area (Å²) in [6.07, 6.45) is 1.43. The Morgan fingerprint density at radius 2 is 1.91 bits per heavy atom. The van der Waals surface area contributed by atoms with Crippen molar-refractivity contribution in [3.05, 3.63) is 35.4 Å². The molecule has 0 radical (unpaired) electrons. The predicted molar refractivity (Wildman–Crippen MR) is 77.9 cm³/mol. The van der Waals surface area contributed by atoms with Crippen molar-refractivity contribution in [1.29, 1.82) is 0 Å². The van der Waals surface area contributed by atoms with Crippen molar-refractivity contribution in [2.24, 2.45) is 0 Å². The Morgan fingerprint density at radius 1 is 1.27 bits per heavy atom. The quantitative estimate of drug-likeness (QED) is 0.853. The van der Waals surface area contributed by atoms with Gasteiger partial charge >= 0.3 is 0 Å². The zero-order valence-corrected chi connectivity index (χ0v) is 13.0. The molecular formula is C14H18F2N2O3S. The molecule has 1 aliphatic heterocycles. The number of amides is 1. The van der Waals surface area contributed by atoms with Crippen LogP contribution in [0.1, 0.15) is 18.4 Å². The molecule has 0 aromatic heterocycles. The molecular weight excluding hydrogens is 314 g/mol. The van der Waals surface area contributed by atoms with Gasteiger partial charge in [-0.25, -0.2) is 17.2 Å². The van der Waals surface area contributed by atoms with Gasteiger partial charge in [0.2, 0.25) is 5.91 Å². The average Bonchev–Trinajstić information content (AvgIpc) is 2.47. The van der Waals surface area contributed by atoms with Crippen molar-refractivity contribution in [3.63, 3.8) is 0 Å².